The Kier molecular flexibility index (Phi) is 4.53. The van der Waals surface area contributed by atoms with Crippen LogP contribution in [0.4, 0.5) is 8.78 Å². The highest BCUT2D eigenvalue weighted by Gasteiger charge is 2.22. The molecule has 2 N–H and O–H groups in total. The molecule has 1 atom stereocenters. The van der Waals surface area contributed by atoms with Crippen LogP contribution in [0.15, 0.2) is 12.1 Å². The molecule has 0 radical (unpaired) electrons. The molecular weight excluding hydrogens is 232 g/mol. The minimum atomic E-state index is -1.41. The smallest absolute Gasteiger partial charge is 0.195 e. The highest BCUT2D eigenvalue weighted by molar-refractivity contribution is 5.99. The first-order valence-electron chi connectivity index (χ1n) is 4.91. The summed E-state index contributed by atoms with van der Waals surface area (Å²) in [7, 11) is 2.72. The molecular formula is C11H13F2NO3. The summed E-state index contributed by atoms with van der Waals surface area (Å²) in [6.07, 6.45) is -1.41. The predicted octanol–water partition coefficient (Wildman–Crippen LogP) is 0.736. The number of aliphatic hydroxyl groups is 1. The van der Waals surface area contributed by atoms with Gasteiger partial charge in [-0.05, 0) is 13.1 Å². The van der Waals surface area contributed by atoms with Gasteiger partial charge >= 0.3 is 0 Å². The van der Waals surface area contributed by atoms with Gasteiger partial charge in [0, 0.05) is 12.6 Å². The number of Topliss-reactive ketones (excluding diaryl/α,β-unsaturated/α-hetero) is 1. The molecule has 1 aromatic carbocycles. The van der Waals surface area contributed by atoms with Gasteiger partial charge in [-0.3, -0.25) is 4.79 Å². The summed E-state index contributed by atoms with van der Waals surface area (Å²) < 4.78 is 31.3. The summed E-state index contributed by atoms with van der Waals surface area (Å²) in [6, 6.07) is 1.49. The maximum absolute atomic E-state index is 13.5. The highest BCUT2D eigenvalue weighted by atomic mass is 19.1. The second-order valence-electron chi connectivity index (χ2n) is 3.40. The zero-order valence-corrected chi connectivity index (χ0v) is 9.46. The van der Waals surface area contributed by atoms with Crippen LogP contribution in [-0.4, -0.2) is 37.7 Å². The van der Waals surface area contributed by atoms with Crippen molar-refractivity contribution in [2.45, 2.75) is 6.10 Å². The topological polar surface area (TPSA) is 58.6 Å². The van der Waals surface area contributed by atoms with Crippen molar-refractivity contribution < 1.29 is 23.4 Å². The molecule has 1 rings (SSSR count). The van der Waals surface area contributed by atoms with Gasteiger partial charge in [-0.2, -0.15) is 0 Å². The summed E-state index contributed by atoms with van der Waals surface area (Å²) in [6.45, 7) is -0.0358. The van der Waals surface area contributed by atoms with Crippen LogP contribution >= 0.6 is 0 Å². The minimum Gasteiger partial charge on any atom is -0.494 e. The lowest BCUT2D eigenvalue weighted by Gasteiger charge is -2.10. The number of ketones is 1. The van der Waals surface area contributed by atoms with Crippen LogP contribution in [0.25, 0.3) is 0 Å². The summed E-state index contributed by atoms with van der Waals surface area (Å²) in [4.78, 5) is 11.6. The number of carbonyl (C=O) groups excluding carboxylic acids is 1. The molecule has 4 nitrogen and oxygen atoms in total. The van der Waals surface area contributed by atoms with Crippen LogP contribution in [0.2, 0.25) is 0 Å². The maximum atomic E-state index is 13.5. The minimum absolute atomic E-state index is 0.0358. The first-order chi connectivity index (χ1) is 8.01. The van der Waals surface area contributed by atoms with Gasteiger partial charge in [0.2, 0.25) is 0 Å². The fourth-order valence-corrected chi connectivity index (χ4v) is 1.34. The SMILES string of the molecule is CNCC(O)C(=O)c1cc(F)c(OC)cc1F. The number of benzene rings is 1. The van der Waals surface area contributed by atoms with E-state index in [1.807, 2.05) is 0 Å². The lowest BCUT2D eigenvalue weighted by molar-refractivity contribution is 0.0745. The third-order valence-electron chi connectivity index (χ3n) is 2.21. The molecule has 0 aliphatic heterocycles. The number of rotatable bonds is 5. The largest absolute Gasteiger partial charge is 0.494 e. The van der Waals surface area contributed by atoms with Crippen molar-refractivity contribution in [3.05, 3.63) is 29.3 Å². The molecule has 0 spiro atoms. The van der Waals surface area contributed by atoms with E-state index in [-0.39, 0.29) is 12.3 Å². The second kappa shape index (κ2) is 5.70. The number of aliphatic hydroxyl groups excluding tert-OH is 1. The number of nitrogens with one attached hydrogen (secondary N) is 1. The van der Waals surface area contributed by atoms with Gasteiger partial charge in [0.15, 0.2) is 17.3 Å². The van der Waals surface area contributed by atoms with E-state index in [2.05, 4.69) is 10.1 Å². The van der Waals surface area contributed by atoms with Crippen LogP contribution in [0, 0.1) is 11.6 Å². The number of carbonyl (C=O) groups is 1. The Morgan fingerprint density at radius 1 is 1.47 bits per heavy atom. The Morgan fingerprint density at radius 2 is 2.12 bits per heavy atom. The number of hydrogen-bond donors (Lipinski definition) is 2. The average Bonchev–Trinajstić information content (AvgIpc) is 2.31. The maximum Gasteiger partial charge on any atom is 0.195 e. The van der Waals surface area contributed by atoms with E-state index >= 15 is 0 Å². The van der Waals surface area contributed by atoms with Gasteiger partial charge < -0.3 is 15.2 Å². The standard InChI is InChI=1S/C11H13F2NO3/c1-14-5-9(15)11(16)6-3-8(13)10(17-2)4-7(6)12/h3-4,9,14-15H,5H2,1-2H3. The van der Waals surface area contributed by atoms with Crippen molar-refractivity contribution >= 4 is 5.78 Å². The van der Waals surface area contributed by atoms with Crippen molar-refractivity contribution in [3.63, 3.8) is 0 Å². The van der Waals surface area contributed by atoms with E-state index in [1.54, 1.807) is 0 Å². The monoisotopic (exact) mass is 245 g/mol. The zero-order chi connectivity index (χ0) is 13.0. The number of methoxy groups -OCH3 is 1. The Morgan fingerprint density at radius 3 is 2.65 bits per heavy atom. The van der Waals surface area contributed by atoms with E-state index < -0.39 is 29.1 Å². The van der Waals surface area contributed by atoms with Gasteiger partial charge in [-0.25, -0.2) is 8.78 Å². The predicted molar refractivity (Wildman–Crippen MR) is 57.2 cm³/mol. The molecule has 0 aliphatic carbocycles. The van der Waals surface area contributed by atoms with Crippen LogP contribution in [-0.2, 0) is 0 Å². The van der Waals surface area contributed by atoms with Crippen LogP contribution < -0.4 is 10.1 Å². The third-order valence-corrected chi connectivity index (χ3v) is 2.21. The molecule has 0 saturated carbocycles. The Labute approximate surface area is 97.2 Å². The first-order valence-corrected chi connectivity index (χ1v) is 4.91. The highest BCUT2D eigenvalue weighted by Crippen LogP contribution is 2.22. The summed E-state index contributed by atoms with van der Waals surface area (Å²) in [5.41, 5.74) is -0.494. The number of ether oxygens (including phenoxy) is 1. The Balaban J connectivity index is 3.06. The molecule has 1 unspecified atom stereocenters. The fraction of sp³-hybridized carbons (Fsp3) is 0.364. The average molecular weight is 245 g/mol. The van der Waals surface area contributed by atoms with Gasteiger partial charge in [0.25, 0.3) is 0 Å². The summed E-state index contributed by atoms with van der Waals surface area (Å²) in [5, 5.41) is 11.9. The van der Waals surface area contributed by atoms with Crippen LogP contribution in [0.3, 0.4) is 0 Å². The second-order valence-corrected chi connectivity index (χ2v) is 3.40. The Hall–Kier alpha value is -1.53. The molecule has 0 bridgehead atoms. The molecule has 94 valence electrons. The molecule has 6 heteroatoms. The van der Waals surface area contributed by atoms with Gasteiger partial charge in [-0.15, -0.1) is 0 Å². The van der Waals surface area contributed by atoms with E-state index in [1.165, 1.54) is 14.2 Å². The molecule has 0 saturated heterocycles. The third kappa shape index (κ3) is 2.98. The van der Waals surface area contributed by atoms with Crippen molar-refractivity contribution in [1.29, 1.82) is 0 Å². The van der Waals surface area contributed by atoms with Crippen molar-refractivity contribution in [2.75, 3.05) is 20.7 Å². The summed E-state index contributed by atoms with van der Waals surface area (Å²) in [5.74, 6) is -2.95. The van der Waals surface area contributed by atoms with E-state index in [4.69, 9.17) is 0 Å². The van der Waals surface area contributed by atoms with Gasteiger partial charge in [0.05, 0.1) is 12.7 Å². The lowest BCUT2D eigenvalue weighted by Crippen LogP contribution is -2.32. The zero-order valence-electron chi connectivity index (χ0n) is 9.46. The molecule has 0 amide bonds. The molecule has 1 aromatic rings. The van der Waals surface area contributed by atoms with Crippen LogP contribution in [0.5, 0.6) is 5.75 Å². The molecule has 0 aromatic heterocycles. The molecule has 0 heterocycles. The number of likely N-dealkylation sites (N-methyl/N-ethyl adjacent to an activating group) is 1. The lowest BCUT2D eigenvalue weighted by atomic mass is 10.0. The van der Waals surface area contributed by atoms with E-state index in [0.29, 0.717) is 0 Å². The van der Waals surface area contributed by atoms with E-state index in [9.17, 15) is 18.7 Å². The number of hydrogen-bond acceptors (Lipinski definition) is 4. The number of halogens is 2. The van der Waals surface area contributed by atoms with Crippen molar-refractivity contribution in [3.8, 4) is 5.75 Å². The fourth-order valence-electron chi connectivity index (χ4n) is 1.34. The van der Waals surface area contributed by atoms with Gasteiger partial charge in [-0.1, -0.05) is 0 Å². The molecule has 0 aliphatic rings. The van der Waals surface area contributed by atoms with Crippen LogP contribution in [0.1, 0.15) is 10.4 Å². The molecule has 0 fully saturated rings. The van der Waals surface area contributed by atoms with Gasteiger partial charge in [0.1, 0.15) is 11.9 Å². The quantitative estimate of drug-likeness (QED) is 0.751. The first kappa shape index (κ1) is 13.5. The molecule has 17 heavy (non-hydrogen) atoms. The Bertz CT molecular complexity index is 423. The normalized spacial score (nSPS) is 12.3. The van der Waals surface area contributed by atoms with Crippen molar-refractivity contribution in [1.82, 2.24) is 5.32 Å². The van der Waals surface area contributed by atoms with E-state index in [0.717, 1.165) is 12.1 Å². The summed E-state index contributed by atoms with van der Waals surface area (Å²) >= 11 is 0. The van der Waals surface area contributed by atoms with Crippen molar-refractivity contribution in [2.24, 2.45) is 0 Å².